The molecule has 5 rings (SSSR count). The van der Waals surface area contributed by atoms with Crippen molar-refractivity contribution in [2.45, 2.75) is 18.8 Å². The van der Waals surface area contributed by atoms with Crippen LogP contribution < -0.4 is 15.2 Å². The zero-order chi connectivity index (χ0) is 21.9. The number of carbonyl (C=O) groups excluding carboxylic acids is 1. The number of pyridine rings is 1. The van der Waals surface area contributed by atoms with Crippen LogP contribution in [0.5, 0.6) is 17.2 Å². The standard InChI is InChI=1S/C25H22N4O3/c26-24(30)13-19-12-21(8-9-27-19)32-20-6-7-23-17(11-20)10-18(15-31-23)25-28-14-22(29-25)16-4-2-1-3-5-16/h1-9,11-12,14,18H,10,13,15H2,(H2,26,30)(H,28,29). The molecular formula is C25H22N4O3. The first-order valence-corrected chi connectivity index (χ1v) is 10.4. The van der Waals surface area contributed by atoms with Crippen LogP contribution in [0.1, 0.15) is 23.0 Å². The van der Waals surface area contributed by atoms with Gasteiger partial charge in [-0.15, -0.1) is 0 Å². The number of benzene rings is 2. The van der Waals surface area contributed by atoms with Crippen LogP contribution in [-0.4, -0.2) is 27.5 Å². The van der Waals surface area contributed by atoms with Gasteiger partial charge in [0.25, 0.3) is 0 Å². The van der Waals surface area contributed by atoms with Gasteiger partial charge in [0.05, 0.1) is 36.5 Å². The summed E-state index contributed by atoms with van der Waals surface area (Å²) in [5.74, 6) is 2.74. The van der Waals surface area contributed by atoms with Crippen molar-refractivity contribution in [2.75, 3.05) is 6.61 Å². The number of fused-ring (bicyclic) bond motifs is 1. The normalized spacial score (nSPS) is 14.9. The fourth-order valence-electron chi connectivity index (χ4n) is 3.85. The second-order valence-electron chi connectivity index (χ2n) is 7.76. The Morgan fingerprint density at radius 2 is 1.94 bits per heavy atom. The Bertz CT molecular complexity index is 1250. The number of H-pyrrole nitrogens is 1. The number of ether oxygens (including phenoxy) is 2. The molecule has 1 amide bonds. The predicted octanol–water partition coefficient (Wildman–Crippen LogP) is 4.01. The molecule has 7 heteroatoms. The maximum absolute atomic E-state index is 11.1. The Labute approximate surface area is 185 Å². The smallest absolute Gasteiger partial charge is 0.223 e. The van der Waals surface area contributed by atoms with Crippen molar-refractivity contribution in [1.29, 1.82) is 0 Å². The van der Waals surface area contributed by atoms with Crippen molar-refractivity contribution in [2.24, 2.45) is 5.73 Å². The molecule has 3 heterocycles. The first-order chi connectivity index (χ1) is 15.6. The van der Waals surface area contributed by atoms with Crippen LogP contribution in [0.25, 0.3) is 11.3 Å². The van der Waals surface area contributed by atoms with Gasteiger partial charge in [-0.1, -0.05) is 30.3 Å². The van der Waals surface area contributed by atoms with Gasteiger partial charge in [0.15, 0.2) is 0 Å². The number of primary amides is 1. The number of nitrogens with two attached hydrogens (primary N) is 1. The number of nitrogens with zero attached hydrogens (tertiary/aromatic N) is 2. The molecule has 4 aromatic rings. The minimum atomic E-state index is -0.431. The summed E-state index contributed by atoms with van der Waals surface area (Å²) in [4.78, 5) is 23.3. The highest BCUT2D eigenvalue weighted by atomic mass is 16.5. The van der Waals surface area contributed by atoms with E-state index in [1.54, 1.807) is 18.3 Å². The number of carbonyl (C=O) groups is 1. The van der Waals surface area contributed by atoms with E-state index < -0.39 is 5.91 Å². The molecule has 0 aliphatic carbocycles. The molecule has 32 heavy (non-hydrogen) atoms. The summed E-state index contributed by atoms with van der Waals surface area (Å²) in [5, 5.41) is 0. The maximum atomic E-state index is 11.1. The first kappa shape index (κ1) is 19.8. The Hall–Kier alpha value is -4.13. The number of hydrogen-bond acceptors (Lipinski definition) is 5. The highest BCUT2D eigenvalue weighted by molar-refractivity contribution is 5.76. The lowest BCUT2D eigenvalue weighted by Gasteiger charge is -2.24. The number of hydrogen-bond donors (Lipinski definition) is 2. The molecule has 2 aromatic carbocycles. The molecule has 0 bridgehead atoms. The Balaban J connectivity index is 1.32. The number of nitrogens with one attached hydrogen (secondary N) is 1. The van der Waals surface area contributed by atoms with Gasteiger partial charge in [-0.3, -0.25) is 9.78 Å². The molecule has 7 nitrogen and oxygen atoms in total. The van der Waals surface area contributed by atoms with Gasteiger partial charge in [0, 0.05) is 12.3 Å². The molecule has 1 atom stereocenters. The van der Waals surface area contributed by atoms with Gasteiger partial charge in [-0.2, -0.15) is 0 Å². The van der Waals surface area contributed by atoms with Gasteiger partial charge in [-0.25, -0.2) is 4.98 Å². The van der Waals surface area contributed by atoms with Crippen LogP contribution in [-0.2, 0) is 17.6 Å². The number of aromatic amines is 1. The van der Waals surface area contributed by atoms with E-state index in [0.717, 1.165) is 34.8 Å². The van der Waals surface area contributed by atoms with E-state index in [4.69, 9.17) is 15.2 Å². The average molecular weight is 426 g/mol. The molecule has 1 aliphatic rings. The van der Waals surface area contributed by atoms with Gasteiger partial charge in [0.2, 0.25) is 5.91 Å². The van der Waals surface area contributed by atoms with Crippen molar-refractivity contribution in [3.63, 3.8) is 0 Å². The largest absolute Gasteiger partial charge is 0.493 e. The average Bonchev–Trinajstić information content (AvgIpc) is 3.29. The zero-order valence-corrected chi connectivity index (χ0v) is 17.3. The molecular weight excluding hydrogens is 404 g/mol. The van der Waals surface area contributed by atoms with Crippen molar-refractivity contribution in [1.82, 2.24) is 15.0 Å². The molecule has 0 fully saturated rings. The van der Waals surface area contributed by atoms with Crippen LogP contribution >= 0.6 is 0 Å². The summed E-state index contributed by atoms with van der Waals surface area (Å²) in [5.41, 5.74) is 8.99. The Morgan fingerprint density at radius 3 is 2.78 bits per heavy atom. The summed E-state index contributed by atoms with van der Waals surface area (Å²) in [6, 6.07) is 19.4. The Morgan fingerprint density at radius 1 is 1.09 bits per heavy atom. The quantitative estimate of drug-likeness (QED) is 0.485. The second-order valence-corrected chi connectivity index (χ2v) is 7.76. The topological polar surface area (TPSA) is 103 Å². The number of amides is 1. The Kier molecular flexibility index (Phi) is 5.29. The first-order valence-electron chi connectivity index (χ1n) is 10.4. The highest BCUT2D eigenvalue weighted by Crippen LogP contribution is 2.35. The van der Waals surface area contributed by atoms with Gasteiger partial charge in [-0.05, 0) is 41.8 Å². The number of aromatic nitrogens is 3. The summed E-state index contributed by atoms with van der Waals surface area (Å²) in [6.07, 6.45) is 4.34. The third-order valence-corrected chi connectivity index (χ3v) is 5.38. The minimum Gasteiger partial charge on any atom is -0.493 e. The molecule has 0 saturated heterocycles. The van der Waals surface area contributed by atoms with Crippen molar-refractivity contribution >= 4 is 5.91 Å². The molecule has 0 radical (unpaired) electrons. The van der Waals surface area contributed by atoms with E-state index in [2.05, 4.69) is 27.1 Å². The fourth-order valence-corrected chi connectivity index (χ4v) is 3.85. The van der Waals surface area contributed by atoms with E-state index in [1.807, 2.05) is 42.6 Å². The lowest BCUT2D eigenvalue weighted by atomic mass is 9.96. The van der Waals surface area contributed by atoms with E-state index in [1.165, 1.54) is 0 Å². The summed E-state index contributed by atoms with van der Waals surface area (Å²) < 4.78 is 12.0. The van der Waals surface area contributed by atoms with Crippen molar-refractivity contribution in [3.8, 4) is 28.5 Å². The van der Waals surface area contributed by atoms with E-state index in [9.17, 15) is 4.79 Å². The molecule has 0 spiro atoms. The molecule has 1 unspecified atom stereocenters. The monoisotopic (exact) mass is 426 g/mol. The van der Waals surface area contributed by atoms with Gasteiger partial charge >= 0.3 is 0 Å². The lowest BCUT2D eigenvalue weighted by Crippen LogP contribution is -2.20. The number of rotatable bonds is 6. The van der Waals surface area contributed by atoms with E-state index in [-0.39, 0.29) is 12.3 Å². The third kappa shape index (κ3) is 4.32. The third-order valence-electron chi connectivity index (χ3n) is 5.38. The molecule has 3 N–H and O–H groups in total. The SMILES string of the molecule is NC(=O)Cc1cc(Oc2ccc3c(c2)CC(c2ncc(-c4ccccc4)[nH]2)CO3)ccn1. The number of imidazole rings is 1. The summed E-state index contributed by atoms with van der Waals surface area (Å²) >= 11 is 0. The molecule has 160 valence electrons. The van der Waals surface area contributed by atoms with Crippen molar-refractivity contribution in [3.05, 3.63) is 90.1 Å². The van der Waals surface area contributed by atoms with E-state index in [0.29, 0.717) is 23.8 Å². The van der Waals surface area contributed by atoms with Crippen molar-refractivity contribution < 1.29 is 14.3 Å². The molecule has 2 aromatic heterocycles. The highest BCUT2D eigenvalue weighted by Gasteiger charge is 2.24. The maximum Gasteiger partial charge on any atom is 0.223 e. The van der Waals surface area contributed by atoms with Gasteiger partial charge in [0.1, 0.15) is 23.1 Å². The second kappa shape index (κ2) is 8.55. The van der Waals surface area contributed by atoms with Crippen LogP contribution in [0.2, 0.25) is 0 Å². The molecule has 1 aliphatic heterocycles. The van der Waals surface area contributed by atoms with Crippen LogP contribution in [0.3, 0.4) is 0 Å². The van der Waals surface area contributed by atoms with Gasteiger partial charge < -0.3 is 20.2 Å². The lowest BCUT2D eigenvalue weighted by molar-refractivity contribution is -0.117. The minimum absolute atomic E-state index is 0.0744. The summed E-state index contributed by atoms with van der Waals surface area (Å²) in [7, 11) is 0. The van der Waals surface area contributed by atoms with E-state index >= 15 is 0 Å². The predicted molar refractivity (Wildman–Crippen MR) is 120 cm³/mol. The fraction of sp³-hybridized carbons (Fsp3) is 0.160. The van der Waals surface area contributed by atoms with Crippen LogP contribution in [0.15, 0.2) is 73.1 Å². The molecule has 0 saturated carbocycles. The zero-order valence-electron chi connectivity index (χ0n) is 17.3. The summed E-state index contributed by atoms with van der Waals surface area (Å²) in [6.45, 7) is 0.565. The van der Waals surface area contributed by atoms with Crippen LogP contribution in [0.4, 0.5) is 0 Å². The van der Waals surface area contributed by atoms with Crippen LogP contribution in [0, 0.1) is 0 Å².